The molecule has 1 aliphatic rings. The van der Waals surface area contributed by atoms with E-state index in [4.69, 9.17) is 0 Å². The van der Waals surface area contributed by atoms with Crippen molar-refractivity contribution >= 4 is 0 Å². The molecule has 1 aliphatic heterocycles. The van der Waals surface area contributed by atoms with E-state index in [9.17, 15) is 0 Å². The van der Waals surface area contributed by atoms with Crippen molar-refractivity contribution in [3.05, 3.63) is 0 Å². The number of nitrogens with zero attached hydrogens (tertiary/aromatic N) is 3. The van der Waals surface area contributed by atoms with Crippen LogP contribution >= 0.6 is 0 Å². The van der Waals surface area contributed by atoms with Crippen LogP contribution in [0.4, 0.5) is 0 Å². The first-order valence-electron chi connectivity index (χ1n) is 3.42. The van der Waals surface area contributed by atoms with E-state index in [0.717, 1.165) is 23.5 Å². The van der Waals surface area contributed by atoms with Crippen molar-refractivity contribution in [1.82, 2.24) is 9.80 Å². The van der Waals surface area contributed by atoms with E-state index in [1.54, 1.807) is 0 Å². The molecule has 0 aromatic heterocycles. The zero-order valence-electron chi connectivity index (χ0n) is 6.87. The van der Waals surface area contributed by atoms with E-state index in [0.29, 0.717) is 0 Å². The van der Waals surface area contributed by atoms with Gasteiger partial charge in [0.1, 0.15) is 0 Å². The molecule has 1 heterocycles. The van der Waals surface area contributed by atoms with E-state index in [1.807, 2.05) is 0 Å². The molecule has 0 radical (unpaired) electrons. The fraction of sp³-hybridized carbons (Fsp3) is 1.00. The molecule has 0 atom stereocenters. The van der Waals surface area contributed by atoms with Crippen LogP contribution < -0.4 is 0 Å². The molecule has 0 aromatic carbocycles. The molecule has 0 aliphatic carbocycles. The van der Waals surface area contributed by atoms with Crippen molar-refractivity contribution in [1.29, 1.82) is 0 Å². The zero-order chi connectivity index (χ0) is 7.78. The Morgan fingerprint density at radius 3 is 1.90 bits per heavy atom. The summed E-state index contributed by atoms with van der Waals surface area (Å²) in [5.41, 5.74) is 0. The molecule has 1 saturated heterocycles. The number of hydrogen-bond acceptors (Lipinski definition) is 2. The summed E-state index contributed by atoms with van der Waals surface area (Å²) in [6.07, 6.45) is 0. The molecule has 3 nitrogen and oxygen atoms in total. The van der Waals surface area contributed by atoms with E-state index in [2.05, 4.69) is 47.5 Å². The molecule has 0 amide bonds. The van der Waals surface area contributed by atoms with Crippen LogP contribution in [0.25, 0.3) is 0 Å². The van der Waals surface area contributed by atoms with Gasteiger partial charge in [0.2, 0.25) is 0 Å². The minimum absolute atomic E-state index is 0.951. The van der Waals surface area contributed by atoms with E-state index >= 15 is 0 Å². The summed E-state index contributed by atoms with van der Waals surface area (Å²) in [5.74, 6) is 0. The van der Waals surface area contributed by atoms with Crippen LogP contribution in [0.15, 0.2) is 0 Å². The van der Waals surface area contributed by atoms with Crippen molar-refractivity contribution in [3.8, 4) is 0 Å². The van der Waals surface area contributed by atoms with Crippen molar-refractivity contribution in [2.75, 3.05) is 41.1 Å². The van der Waals surface area contributed by atoms with Gasteiger partial charge >= 0.3 is 70.9 Å². The number of quaternary nitrogens is 1. The van der Waals surface area contributed by atoms with E-state index in [-0.39, 0.29) is 0 Å². The zero-order valence-corrected chi connectivity index (χ0v) is 8.15. The first kappa shape index (κ1) is 8.51. The topological polar surface area (TPSA) is 6.48 Å². The molecular formula is C6H15CrN3+. The first-order chi connectivity index (χ1) is 4.49. The molecular weight excluding hydrogens is 166 g/mol. The number of rotatable bonds is 0. The Kier molecular flexibility index (Phi) is 2.39. The molecule has 0 aromatic rings. The van der Waals surface area contributed by atoms with Crippen LogP contribution in [0.2, 0.25) is 0 Å². The van der Waals surface area contributed by atoms with Gasteiger partial charge in [-0.2, -0.15) is 0 Å². The number of hydrogen-bond donors (Lipinski definition) is 0. The van der Waals surface area contributed by atoms with Crippen molar-refractivity contribution in [2.45, 2.75) is 0 Å². The average Bonchev–Trinajstić information content (AvgIpc) is 1.54. The summed E-state index contributed by atoms with van der Waals surface area (Å²) >= 11 is 3.17. The molecule has 0 saturated carbocycles. The third-order valence-electron chi connectivity index (χ3n) is 1.56. The van der Waals surface area contributed by atoms with Crippen molar-refractivity contribution < 1.29 is 20.0 Å². The van der Waals surface area contributed by atoms with Crippen LogP contribution in [0.5, 0.6) is 0 Å². The Morgan fingerprint density at radius 1 is 1.20 bits per heavy atom. The predicted octanol–water partition coefficient (Wildman–Crippen LogP) is -0.355. The fourth-order valence-electron chi connectivity index (χ4n) is 1.57. The maximum absolute atomic E-state index is 3.17. The van der Waals surface area contributed by atoms with Gasteiger partial charge in [-0.3, -0.25) is 0 Å². The van der Waals surface area contributed by atoms with Gasteiger partial charge < -0.3 is 0 Å². The Hall–Kier alpha value is 0.412. The standard InChI is InChI=1S/C6H15N3.Cr/c1-7-4-8(2)6-9(3)5-7;/h4-6H2,1-3H3;/q;+1. The Morgan fingerprint density at radius 2 is 1.60 bits per heavy atom. The van der Waals surface area contributed by atoms with Gasteiger partial charge in [0.15, 0.2) is 0 Å². The van der Waals surface area contributed by atoms with Gasteiger partial charge in [0, 0.05) is 0 Å². The third-order valence-corrected chi connectivity index (χ3v) is 1.92. The monoisotopic (exact) mass is 181 g/mol. The summed E-state index contributed by atoms with van der Waals surface area (Å²) in [4.78, 5) is 4.61. The summed E-state index contributed by atoms with van der Waals surface area (Å²) in [6.45, 7) is 3.28. The summed E-state index contributed by atoms with van der Waals surface area (Å²) in [6, 6.07) is 0. The molecule has 1 rings (SSSR count). The van der Waals surface area contributed by atoms with Gasteiger partial charge in [-0.1, -0.05) is 0 Å². The first-order valence-corrected chi connectivity index (χ1v) is 3.99. The van der Waals surface area contributed by atoms with Gasteiger partial charge in [-0.15, -0.1) is 0 Å². The summed E-state index contributed by atoms with van der Waals surface area (Å²) in [5, 5.41) is 0. The average molecular weight is 181 g/mol. The Bertz CT molecular complexity index is 114. The normalized spacial score (nSPS) is 28.7. The van der Waals surface area contributed by atoms with Crippen molar-refractivity contribution in [3.63, 3.8) is 0 Å². The predicted molar refractivity (Wildman–Crippen MR) is 36.3 cm³/mol. The van der Waals surface area contributed by atoms with Crippen LogP contribution in [0, 0.1) is 0 Å². The molecule has 0 N–H and O–H groups in total. The Balaban J connectivity index is 2.51. The fourth-order valence-corrected chi connectivity index (χ4v) is 2.18. The molecule has 4 heteroatoms. The van der Waals surface area contributed by atoms with Crippen LogP contribution in [-0.4, -0.2) is 54.4 Å². The van der Waals surface area contributed by atoms with Crippen LogP contribution in [-0.2, 0) is 16.5 Å². The maximum atomic E-state index is 3.17. The second-order valence-electron chi connectivity index (χ2n) is 3.43. The van der Waals surface area contributed by atoms with Gasteiger partial charge in [-0.25, -0.2) is 0 Å². The van der Waals surface area contributed by atoms with Gasteiger partial charge in [0.25, 0.3) is 0 Å². The molecule has 0 bridgehead atoms. The van der Waals surface area contributed by atoms with Gasteiger partial charge in [-0.05, 0) is 0 Å². The molecule has 10 heavy (non-hydrogen) atoms. The van der Waals surface area contributed by atoms with Crippen molar-refractivity contribution in [2.24, 2.45) is 0 Å². The van der Waals surface area contributed by atoms with E-state index < -0.39 is 0 Å². The quantitative estimate of drug-likeness (QED) is 0.504. The summed E-state index contributed by atoms with van der Waals surface area (Å²) in [7, 11) is 6.49. The van der Waals surface area contributed by atoms with E-state index in [1.165, 1.54) is 0 Å². The third kappa shape index (κ3) is 2.23. The van der Waals surface area contributed by atoms with Gasteiger partial charge in [0.05, 0.1) is 0 Å². The second kappa shape index (κ2) is 2.80. The minimum atomic E-state index is 0.951. The Labute approximate surface area is 71.4 Å². The van der Waals surface area contributed by atoms with Crippen LogP contribution in [0.3, 0.4) is 0 Å². The SMILES string of the molecule is CN1CN(C)C[N+](C)([Cr])C1. The second-order valence-corrected chi connectivity index (χ2v) is 4.81. The molecule has 0 unspecified atom stereocenters. The molecule has 59 valence electrons. The van der Waals surface area contributed by atoms with Crippen LogP contribution in [0.1, 0.15) is 0 Å². The molecule has 1 fully saturated rings. The molecule has 0 spiro atoms. The summed E-state index contributed by atoms with van der Waals surface area (Å²) < 4.78 is 0.951.